The molecule has 0 radical (unpaired) electrons. The fourth-order valence-corrected chi connectivity index (χ4v) is 5.25. The molecule has 124 valence electrons. The summed E-state index contributed by atoms with van der Waals surface area (Å²) in [6.45, 7) is 3.47. The van der Waals surface area contributed by atoms with E-state index in [1.807, 2.05) is 12.5 Å². The van der Waals surface area contributed by atoms with Crippen LogP contribution >= 0.6 is 12.4 Å². The van der Waals surface area contributed by atoms with Crippen molar-refractivity contribution in [1.29, 1.82) is 0 Å². The molecule has 23 heavy (non-hydrogen) atoms. The quantitative estimate of drug-likeness (QED) is 0.776. The number of hydrogen-bond donors (Lipinski definition) is 0. The monoisotopic (exact) mass is 330 g/mol. The zero-order chi connectivity index (χ0) is 15.0. The van der Waals surface area contributed by atoms with Gasteiger partial charge in [0.25, 0.3) is 0 Å². The van der Waals surface area contributed by atoms with E-state index in [9.17, 15) is 0 Å². The SMILES string of the molecule is CCCC12CCCc3cccc(c31)CC(Cn1ccnc1)C2.Cl. The third-order valence-electron chi connectivity index (χ3n) is 5.81. The Morgan fingerprint density at radius 1 is 1.30 bits per heavy atom. The maximum absolute atomic E-state index is 4.21. The minimum absolute atomic E-state index is 0. The number of aryl methyl sites for hydroxylation is 1. The van der Waals surface area contributed by atoms with Crippen LogP contribution < -0.4 is 0 Å². The number of benzene rings is 1. The Balaban J connectivity index is 0.00000156. The summed E-state index contributed by atoms with van der Waals surface area (Å²) in [7, 11) is 0. The van der Waals surface area contributed by atoms with Crippen molar-refractivity contribution in [2.75, 3.05) is 0 Å². The van der Waals surface area contributed by atoms with E-state index in [0.717, 1.165) is 12.5 Å². The van der Waals surface area contributed by atoms with E-state index in [-0.39, 0.29) is 12.4 Å². The second-order valence-corrected chi connectivity index (χ2v) is 7.37. The van der Waals surface area contributed by atoms with Crippen LogP contribution in [0.5, 0.6) is 0 Å². The summed E-state index contributed by atoms with van der Waals surface area (Å²) in [5.41, 5.74) is 5.51. The molecule has 0 saturated heterocycles. The van der Waals surface area contributed by atoms with Crippen molar-refractivity contribution in [3.05, 3.63) is 53.6 Å². The molecule has 3 heteroatoms. The summed E-state index contributed by atoms with van der Waals surface area (Å²) in [6, 6.07) is 7.07. The summed E-state index contributed by atoms with van der Waals surface area (Å²) in [4.78, 5) is 4.21. The number of halogens is 1. The maximum Gasteiger partial charge on any atom is 0.0945 e. The molecule has 2 aliphatic carbocycles. The van der Waals surface area contributed by atoms with Gasteiger partial charge in [-0.1, -0.05) is 31.5 Å². The highest BCUT2D eigenvalue weighted by Crippen LogP contribution is 2.50. The van der Waals surface area contributed by atoms with Gasteiger partial charge >= 0.3 is 0 Å². The van der Waals surface area contributed by atoms with Crippen molar-refractivity contribution in [2.45, 2.75) is 63.8 Å². The lowest BCUT2D eigenvalue weighted by atomic mass is 9.58. The summed E-state index contributed by atoms with van der Waals surface area (Å²) in [5.74, 6) is 0.751. The van der Waals surface area contributed by atoms with Crippen LogP contribution in [0.3, 0.4) is 0 Å². The van der Waals surface area contributed by atoms with Gasteiger partial charge in [0.2, 0.25) is 0 Å². The molecule has 4 rings (SSSR count). The molecule has 0 saturated carbocycles. The van der Waals surface area contributed by atoms with Gasteiger partial charge in [-0.15, -0.1) is 12.4 Å². The number of hydrogen-bond acceptors (Lipinski definition) is 1. The van der Waals surface area contributed by atoms with Gasteiger partial charge in [0.05, 0.1) is 6.33 Å². The smallest absolute Gasteiger partial charge is 0.0945 e. The van der Waals surface area contributed by atoms with Gasteiger partial charge in [0.1, 0.15) is 0 Å². The highest BCUT2D eigenvalue weighted by Gasteiger charge is 2.42. The molecule has 2 atom stereocenters. The highest BCUT2D eigenvalue weighted by atomic mass is 35.5. The largest absolute Gasteiger partial charge is 0.337 e. The molecule has 2 aliphatic rings. The van der Waals surface area contributed by atoms with E-state index in [1.54, 1.807) is 16.7 Å². The second-order valence-electron chi connectivity index (χ2n) is 7.37. The van der Waals surface area contributed by atoms with Gasteiger partial charge in [-0.25, -0.2) is 4.98 Å². The van der Waals surface area contributed by atoms with Crippen molar-refractivity contribution >= 4 is 12.4 Å². The van der Waals surface area contributed by atoms with E-state index in [2.05, 4.69) is 40.9 Å². The number of nitrogens with zero attached hydrogens (tertiary/aromatic N) is 2. The van der Waals surface area contributed by atoms with Crippen LogP contribution in [0.4, 0.5) is 0 Å². The molecule has 0 spiro atoms. The molecule has 0 amide bonds. The molecule has 0 N–H and O–H groups in total. The van der Waals surface area contributed by atoms with Gasteiger partial charge in [-0.05, 0) is 66.5 Å². The second kappa shape index (κ2) is 6.68. The minimum Gasteiger partial charge on any atom is -0.337 e. The van der Waals surface area contributed by atoms with Crippen LogP contribution in [0.15, 0.2) is 36.9 Å². The van der Waals surface area contributed by atoms with Crippen molar-refractivity contribution in [3.63, 3.8) is 0 Å². The van der Waals surface area contributed by atoms with Gasteiger partial charge in [0, 0.05) is 18.9 Å². The third-order valence-corrected chi connectivity index (χ3v) is 5.81. The predicted octanol–water partition coefficient (Wildman–Crippen LogP) is 4.94. The molecule has 0 fully saturated rings. The molecular weight excluding hydrogens is 304 g/mol. The molecule has 1 aromatic carbocycles. The normalized spacial score (nSPS) is 25.5. The topological polar surface area (TPSA) is 17.8 Å². The van der Waals surface area contributed by atoms with Crippen LogP contribution in [-0.4, -0.2) is 9.55 Å². The standard InChI is InChI=1S/C20H26N2.ClH/c1-2-8-20-9-4-7-17-5-3-6-18(19(17)20)12-16(13-20)14-22-11-10-21-15-22;/h3,5-6,10-11,15-16H,2,4,7-9,12-14H2,1H3;1H. The summed E-state index contributed by atoms with van der Waals surface area (Å²) < 4.78 is 2.27. The first-order chi connectivity index (χ1) is 10.8. The molecule has 2 aromatic rings. The Morgan fingerprint density at radius 2 is 2.17 bits per heavy atom. The molecule has 0 aliphatic heterocycles. The van der Waals surface area contributed by atoms with Crippen molar-refractivity contribution in [3.8, 4) is 0 Å². The first kappa shape index (κ1) is 16.6. The first-order valence-electron chi connectivity index (χ1n) is 8.88. The lowest BCUT2D eigenvalue weighted by Crippen LogP contribution is -2.39. The Bertz CT molecular complexity index is 650. The van der Waals surface area contributed by atoms with Gasteiger partial charge in [-0.3, -0.25) is 0 Å². The van der Waals surface area contributed by atoms with E-state index in [1.165, 1.54) is 44.9 Å². The number of aromatic nitrogens is 2. The van der Waals surface area contributed by atoms with Crippen LogP contribution in [0.2, 0.25) is 0 Å². The Morgan fingerprint density at radius 3 is 2.96 bits per heavy atom. The maximum atomic E-state index is 4.21. The lowest BCUT2D eigenvalue weighted by Gasteiger charge is -2.47. The highest BCUT2D eigenvalue weighted by molar-refractivity contribution is 5.85. The first-order valence-corrected chi connectivity index (χ1v) is 8.88. The Kier molecular flexibility index (Phi) is 4.82. The average Bonchev–Trinajstić information content (AvgIpc) is 3.00. The van der Waals surface area contributed by atoms with Crippen LogP contribution in [0, 0.1) is 5.92 Å². The third kappa shape index (κ3) is 2.94. The molecule has 2 nitrogen and oxygen atoms in total. The van der Waals surface area contributed by atoms with Gasteiger partial charge < -0.3 is 4.57 Å². The zero-order valence-corrected chi connectivity index (χ0v) is 14.8. The lowest BCUT2D eigenvalue weighted by molar-refractivity contribution is 0.218. The minimum atomic E-state index is 0. The fraction of sp³-hybridized carbons (Fsp3) is 0.550. The predicted molar refractivity (Wildman–Crippen MR) is 97.3 cm³/mol. The summed E-state index contributed by atoms with van der Waals surface area (Å²) in [6.07, 6.45) is 15.3. The Hall–Kier alpha value is -1.28. The fourth-order valence-electron chi connectivity index (χ4n) is 5.25. The van der Waals surface area contributed by atoms with Gasteiger partial charge in [-0.2, -0.15) is 0 Å². The molecule has 1 heterocycles. The number of rotatable bonds is 4. The van der Waals surface area contributed by atoms with Crippen molar-refractivity contribution < 1.29 is 0 Å². The van der Waals surface area contributed by atoms with Crippen molar-refractivity contribution in [1.82, 2.24) is 9.55 Å². The van der Waals surface area contributed by atoms with Crippen LogP contribution in [0.25, 0.3) is 0 Å². The molecule has 2 unspecified atom stereocenters. The van der Waals surface area contributed by atoms with E-state index < -0.39 is 0 Å². The van der Waals surface area contributed by atoms with E-state index in [0.29, 0.717) is 5.41 Å². The molecule has 1 aromatic heterocycles. The zero-order valence-electron chi connectivity index (χ0n) is 14.0. The van der Waals surface area contributed by atoms with Crippen LogP contribution in [-0.2, 0) is 24.8 Å². The average molecular weight is 331 g/mol. The van der Waals surface area contributed by atoms with Gasteiger partial charge in [0.15, 0.2) is 0 Å². The summed E-state index contributed by atoms with van der Waals surface area (Å²) in [5, 5.41) is 0. The van der Waals surface area contributed by atoms with E-state index >= 15 is 0 Å². The molecular formula is C20H27ClN2. The van der Waals surface area contributed by atoms with Crippen molar-refractivity contribution in [2.24, 2.45) is 5.92 Å². The molecule has 0 bridgehead atoms. The van der Waals surface area contributed by atoms with Crippen LogP contribution in [0.1, 0.15) is 55.7 Å². The Labute approximate surface area is 145 Å². The number of imidazole rings is 1. The summed E-state index contributed by atoms with van der Waals surface area (Å²) >= 11 is 0. The van der Waals surface area contributed by atoms with E-state index in [4.69, 9.17) is 0 Å².